The zero-order valence-electron chi connectivity index (χ0n) is 16.7. The van der Waals surface area contributed by atoms with Gasteiger partial charge in [0.2, 0.25) is 0 Å². The van der Waals surface area contributed by atoms with E-state index < -0.39 is 0 Å². The van der Waals surface area contributed by atoms with Gasteiger partial charge in [-0.05, 0) is 36.6 Å². The average molecular weight is 383 g/mol. The van der Waals surface area contributed by atoms with Crippen molar-refractivity contribution in [2.24, 2.45) is 4.99 Å². The summed E-state index contributed by atoms with van der Waals surface area (Å²) in [6.07, 6.45) is 3.82. The first-order chi connectivity index (χ1) is 13.8. The van der Waals surface area contributed by atoms with E-state index in [1.807, 2.05) is 30.5 Å². The van der Waals surface area contributed by atoms with Crippen molar-refractivity contribution in [3.8, 4) is 11.5 Å². The van der Waals surface area contributed by atoms with Crippen molar-refractivity contribution in [1.82, 2.24) is 4.90 Å². The van der Waals surface area contributed by atoms with Gasteiger partial charge in [-0.2, -0.15) is 0 Å². The number of rotatable bonds is 10. The lowest BCUT2D eigenvalue weighted by Gasteiger charge is -2.26. The van der Waals surface area contributed by atoms with Gasteiger partial charge in [-0.3, -0.25) is 9.89 Å². The molecule has 5 heteroatoms. The molecule has 150 valence electrons. The molecule has 3 rings (SSSR count). The van der Waals surface area contributed by atoms with Crippen LogP contribution in [0, 0.1) is 0 Å². The van der Waals surface area contributed by atoms with Crippen LogP contribution in [-0.2, 0) is 11.2 Å². The van der Waals surface area contributed by atoms with Crippen LogP contribution in [0.1, 0.15) is 17.5 Å². The topological polar surface area (TPSA) is 43.3 Å². The smallest absolute Gasteiger partial charge is 0.128 e. The third kappa shape index (κ3) is 6.66. The lowest BCUT2D eigenvalue weighted by atomic mass is 10.1. The number of morpholine rings is 1. The molecule has 2 aromatic carbocycles. The fourth-order valence-electron chi connectivity index (χ4n) is 3.18. The molecule has 0 N–H and O–H groups in total. The minimum absolute atomic E-state index is 0.689. The molecule has 5 nitrogen and oxygen atoms in total. The standard InChI is InChI=1S/C23H30N2O3/c1-26-22-8-9-23(28-15-5-12-25-13-16-27-17-14-25)21(18-22)19-24-11-10-20-6-3-2-4-7-20/h2-4,6-9,18-19H,5,10-17H2,1H3. The van der Waals surface area contributed by atoms with Crippen LogP contribution in [0.5, 0.6) is 11.5 Å². The fourth-order valence-corrected chi connectivity index (χ4v) is 3.18. The first-order valence-electron chi connectivity index (χ1n) is 10.00. The quantitative estimate of drug-likeness (QED) is 0.466. The Morgan fingerprint density at radius 3 is 2.71 bits per heavy atom. The Bertz CT molecular complexity index is 728. The monoisotopic (exact) mass is 382 g/mol. The van der Waals surface area contributed by atoms with Crippen LogP contribution in [-0.4, -0.2) is 64.2 Å². The van der Waals surface area contributed by atoms with Crippen molar-refractivity contribution in [1.29, 1.82) is 0 Å². The minimum Gasteiger partial charge on any atom is -0.497 e. The molecule has 0 aliphatic carbocycles. The van der Waals surface area contributed by atoms with Crippen LogP contribution < -0.4 is 9.47 Å². The Morgan fingerprint density at radius 1 is 1.11 bits per heavy atom. The summed E-state index contributed by atoms with van der Waals surface area (Å²) in [6, 6.07) is 16.3. The van der Waals surface area contributed by atoms with Gasteiger partial charge in [-0.25, -0.2) is 0 Å². The van der Waals surface area contributed by atoms with Crippen LogP contribution >= 0.6 is 0 Å². The summed E-state index contributed by atoms with van der Waals surface area (Å²) in [7, 11) is 1.68. The normalized spacial score (nSPS) is 15.0. The maximum absolute atomic E-state index is 6.04. The van der Waals surface area contributed by atoms with Gasteiger partial charge >= 0.3 is 0 Å². The number of hydrogen-bond acceptors (Lipinski definition) is 5. The van der Waals surface area contributed by atoms with Crippen molar-refractivity contribution < 1.29 is 14.2 Å². The second-order valence-electron chi connectivity index (χ2n) is 6.83. The highest BCUT2D eigenvalue weighted by Gasteiger charge is 2.10. The molecule has 0 radical (unpaired) electrons. The predicted octanol–water partition coefficient (Wildman–Crippen LogP) is 3.46. The van der Waals surface area contributed by atoms with E-state index in [-0.39, 0.29) is 0 Å². The molecule has 1 aliphatic heterocycles. The van der Waals surface area contributed by atoms with E-state index in [2.05, 4.69) is 34.2 Å². The summed E-state index contributed by atoms with van der Waals surface area (Å²) in [6.45, 7) is 6.18. The van der Waals surface area contributed by atoms with E-state index in [1.165, 1.54) is 5.56 Å². The number of nitrogens with zero attached hydrogens (tertiary/aromatic N) is 2. The van der Waals surface area contributed by atoms with Crippen LogP contribution in [0.3, 0.4) is 0 Å². The second-order valence-corrected chi connectivity index (χ2v) is 6.83. The lowest BCUT2D eigenvalue weighted by Crippen LogP contribution is -2.37. The molecule has 0 spiro atoms. The minimum atomic E-state index is 0.689. The molecular weight excluding hydrogens is 352 g/mol. The highest BCUT2D eigenvalue weighted by Crippen LogP contribution is 2.23. The largest absolute Gasteiger partial charge is 0.497 e. The molecule has 1 heterocycles. The molecule has 1 saturated heterocycles. The zero-order chi connectivity index (χ0) is 19.4. The van der Waals surface area contributed by atoms with Crippen LogP contribution in [0.4, 0.5) is 0 Å². The third-order valence-electron chi connectivity index (χ3n) is 4.80. The summed E-state index contributed by atoms with van der Waals surface area (Å²) in [5.74, 6) is 1.66. The SMILES string of the molecule is COc1ccc(OCCCN2CCOCC2)c(C=NCCc2ccccc2)c1. The van der Waals surface area contributed by atoms with E-state index in [0.717, 1.165) is 69.3 Å². The highest BCUT2D eigenvalue weighted by molar-refractivity contribution is 5.84. The molecule has 28 heavy (non-hydrogen) atoms. The van der Waals surface area contributed by atoms with E-state index in [0.29, 0.717) is 6.61 Å². The van der Waals surface area contributed by atoms with E-state index in [9.17, 15) is 0 Å². The van der Waals surface area contributed by atoms with Gasteiger partial charge < -0.3 is 14.2 Å². The number of methoxy groups -OCH3 is 1. The Morgan fingerprint density at radius 2 is 1.93 bits per heavy atom. The fraction of sp³-hybridized carbons (Fsp3) is 0.435. The molecule has 0 saturated carbocycles. The van der Waals surface area contributed by atoms with E-state index in [4.69, 9.17) is 14.2 Å². The summed E-state index contributed by atoms with van der Waals surface area (Å²) in [4.78, 5) is 7.02. The van der Waals surface area contributed by atoms with Gasteiger partial charge in [0.15, 0.2) is 0 Å². The predicted molar refractivity (Wildman–Crippen MR) is 113 cm³/mol. The molecule has 2 aromatic rings. The van der Waals surface area contributed by atoms with Crippen molar-refractivity contribution in [2.45, 2.75) is 12.8 Å². The number of ether oxygens (including phenoxy) is 3. The Labute approximate surface area is 167 Å². The van der Waals surface area contributed by atoms with E-state index in [1.54, 1.807) is 7.11 Å². The molecule has 0 atom stereocenters. The lowest BCUT2D eigenvalue weighted by molar-refractivity contribution is 0.0358. The molecule has 0 bridgehead atoms. The summed E-state index contributed by atoms with van der Waals surface area (Å²) in [5, 5.41) is 0. The Hall–Kier alpha value is -2.37. The van der Waals surface area contributed by atoms with Crippen molar-refractivity contribution in [3.05, 3.63) is 59.7 Å². The van der Waals surface area contributed by atoms with Crippen molar-refractivity contribution in [3.63, 3.8) is 0 Å². The first-order valence-corrected chi connectivity index (χ1v) is 10.00. The summed E-state index contributed by atoms with van der Waals surface area (Å²) < 4.78 is 16.8. The molecule has 0 amide bonds. The summed E-state index contributed by atoms with van der Waals surface area (Å²) in [5.41, 5.74) is 2.25. The molecule has 0 unspecified atom stereocenters. The molecule has 1 fully saturated rings. The number of aliphatic imine (C=N–C) groups is 1. The molecule has 1 aliphatic rings. The van der Waals surface area contributed by atoms with Gasteiger partial charge in [0.25, 0.3) is 0 Å². The number of hydrogen-bond donors (Lipinski definition) is 0. The van der Waals surface area contributed by atoms with Gasteiger partial charge in [-0.1, -0.05) is 30.3 Å². The van der Waals surface area contributed by atoms with Gasteiger partial charge in [-0.15, -0.1) is 0 Å². The van der Waals surface area contributed by atoms with Crippen LogP contribution in [0.25, 0.3) is 0 Å². The third-order valence-corrected chi connectivity index (χ3v) is 4.80. The van der Waals surface area contributed by atoms with Crippen molar-refractivity contribution >= 4 is 6.21 Å². The van der Waals surface area contributed by atoms with Gasteiger partial charge in [0, 0.05) is 38.0 Å². The van der Waals surface area contributed by atoms with Crippen LogP contribution in [0.2, 0.25) is 0 Å². The van der Waals surface area contributed by atoms with Gasteiger partial charge in [0.1, 0.15) is 11.5 Å². The Kier molecular flexibility index (Phi) is 8.34. The van der Waals surface area contributed by atoms with Crippen LogP contribution in [0.15, 0.2) is 53.5 Å². The maximum Gasteiger partial charge on any atom is 0.128 e. The average Bonchev–Trinajstić information content (AvgIpc) is 2.76. The second kappa shape index (κ2) is 11.5. The zero-order valence-corrected chi connectivity index (χ0v) is 16.7. The van der Waals surface area contributed by atoms with E-state index >= 15 is 0 Å². The molecular formula is C23H30N2O3. The Balaban J connectivity index is 1.51. The maximum atomic E-state index is 6.04. The van der Waals surface area contributed by atoms with Crippen molar-refractivity contribution in [2.75, 3.05) is 53.1 Å². The summed E-state index contributed by atoms with van der Waals surface area (Å²) >= 11 is 0. The number of benzene rings is 2. The first kappa shape index (κ1) is 20.4. The highest BCUT2D eigenvalue weighted by atomic mass is 16.5. The molecule has 0 aromatic heterocycles. The van der Waals surface area contributed by atoms with Gasteiger partial charge in [0.05, 0.1) is 26.9 Å².